The summed E-state index contributed by atoms with van der Waals surface area (Å²) in [5.41, 5.74) is 1.34. The molecule has 1 aliphatic heterocycles. The van der Waals surface area contributed by atoms with E-state index in [4.69, 9.17) is 0 Å². The summed E-state index contributed by atoms with van der Waals surface area (Å²) in [7, 11) is 0. The Kier molecular flexibility index (Phi) is 4.84. The first kappa shape index (κ1) is 15.3. The van der Waals surface area contributed by atoms with Gasteiger partial charge in [-0.1, -0.05) is 12.1 Å². The number of nitrogens with zero attached hydrogens (tertiary/aromatic N) is 1. The van der Waals surface area contributed by atoms with Crippen molar-refractivity contribution in [2.24, 2.45) is 5.92 Å². The molecular formula is C17H23IN2O. The normalized spacial score (nSPS) is 21.3. The SMILES string of the molecule is CC(NC1CCN(C(=O)C2CC2)CC1)c1ccc(I)cc1. The summed E-state index contributed by atoms with van der Waals surface area (Å²) in [5, 5.41) is 3.72. The molecule has 21 heavy (non-hydrogen) atoms. The van der Waals surface area contributed by atoms with Crippen LogP contribution in [0.2, 0.25) is 0 Å². The highest BCUT2D eigenvalue weighted by Crippen LogP contribution is 2.32. The molecule has 0 spiro atoms. The molecule has 0 radical (unpaired) electrons. The fourth-order valence-corrected chi connectivity index (χ4v) is 3.42. The Labute approximate surface area is 140 Å². The average molecular weight is 398 g/mol. The summed E-state index contributed by atoms with van der Waals surface area (Å²) in [6.45, 7) is 4.07. The molecule has 4 heteroatoms. The number of rotatable bonds is 4. The lowest BCUT2D eigenvalue weighted by Gasteiger charge is -2.34. The first-order valence-corrected chi connectivity index (χ1v) is 9.01. The summed E-state index contributed by atoms with van der Waals surface area (Å²) in [4.78, 5) is 14.1. The average Bonchev–Trinajstić information content (AvgIpc) is 3.32. The minimum Gasteiger partial charge on any atom is -0.342 e. The van der Waals surface area contributed by atoms with Crippen molar-refractivity contribution in [1.82, 2.24) is 10.2 Å². The largest absolute Gasteiger partial charge is 0.342 e. The van der Waals surface area contributed by atoms with Gasteiger partial charge in [-0.2, -0.15) is 0 Å². The lowest BCUT2D eigenvalue weighted by molar-refractivity contribution is -0.133. The van der Waals surface area contributed by atoms with E-state index < -0.39 is 0 Å². The predicted octanol–water partition coefficient (Wildman–Crippen LogP) is 3.34. The fraction of sp³-hybridized carbons (Fsp3) is 0.588. The van der Waals surface area contributed by atoms with Crippen LogP contribution in [0, 0.1) is 9.49 Å². The van der Waals surface area contributed by atoms with E-state index in [-0.39, 0.29) is 0 Å². The van der Waals surface area contributed by atoms with E-state index in [1.807, 2.05) is 0 Å². The first-order valence-electron chi connectivity index (χ1n) is 7.94. The van der Waals surface area contributed by atoms with E-state index in [0.717, 1.165) is 38.8 Å². The van der Waals surface area contributed by atoms with E-state index in [1.165, 1.54) is 9.13 Å². The summed E-state index contributed by atoms with van der Waals surface area (Å²) >= 11 is 2.34. The van der Waals surface area contributed by atoms with Crippen molar-refractivity contribution in [2.75, 3.05) is 13.1 Å². The zero-order valence-corrected chi connectivity index (χ0v) is 14.7. The second-order valence-electron chi connectivity index (χ2n) is 6.31. The number of hydrogen-bond donors (Lipinski definition) is 1. The monoisotopic (exact) mass is 398 g/mol. The van der Waals surface area contributed by atoms with Gasteiger partial charge < -0.3 is 10.2 Å². The van der Waals surface area contributed by atoms with Crippen LogP contribution in [0.15, 0.2) is 24.3 Å². The maximum atomic E-state index is 12.0. The van der Waals surface area contributed by atoms with E-state index in [9.17, 15) is 4.79 Å². The number of amides is 1. The Morgan fingerprint density at radius 2 is 1.81 bits per heavy atom. The minimum atomic E-state index is 0.361. The number of hydrogen-bond acceptors (Lipinski definition) is 2. The molecule has 3 rings (SSSR count). The van der Waals surface area contributed by atoms with Gasteiger partial charge in [0.15, 0.2) is 0 Å². The molecule has 1 aromatic carbocycles. The predicted molar refractivity (Wildman–Crippen MR) is 93.0 cm³/mol. The number of carbonyl (C=O) groups excluding carboxylic acids is 1. The highest BCUT2D eigenvalue weighted by atomic mass is 127. The van der Waals surface area contributed by atoms with Crippen LogP contribution < -0.4 is 5.32 Å². The number of carbonyl (C=O) groups is 1. The zero-order chi connectivity index (χ0) is 14.8. The zero-order valence-electron chi connectivity index (χ0n) is 12.5. The highest BCUT2D eigenvalue weighted by molar-refractivity contribution is 14.1. The van der Waals surface area contributed by atoms with Gasteiger partial charge in [-0.15, -0.1) is 0 Å². The van der Waals surface area contributed by atoms with Gasteiger partial charge in [0, 0.05) is 34.7 Å². The second kappa shape index (κ2) is 6.65. The Morgan fingerprint density at radius 3 is 2.38 bits per heavy atom. The molecule has 0 bridgehead atoms. The molecule has 1 atom stereocenters. The quantitative estimate of drug-likeness (QED) is 0.790. The van der Waals surface area contributed by atoms with Crippen LogP contribution in [0.1, 0.15) is 44.2 Å². The molecule has 1 N–H and O–H groups in total. The van der Waals surface area contributed by atoms with E-state index >= 15 is 0 Å². The lowest BCUT2D eigenvalue weighted by atomic mass is 10.0. The first-order chi connectivity index (χ1) is 10.1. The molecule has 1 amide bonds. The van der Waals surface area contributed by atoms with Gasteiger partial charge in [-0.3, -0.25) is 4.79 Å². The summed E-state index contributed by atoms with van der Waals surface area (Å²) in [6.07, 6.45) is 4.38. The number of benzene rings is 1. The van der Waals surface area contributed by atoms with Gasteiger partial charge in [0.05, 0.1) is 0 Å². The second-order valence-corrected chi connectivity index (χ2v) is 7.56. The van der Waals surface area contributed by atoms with Crippen LogP contribution in [0.5, 0.6) is 0 Å². The standard InChI is InChI=1S/C17H23IN2O/c1-12(13-4-6-15(18)7-5-13)19-16-8-10-20(11-9-16)17(21)14-2-3-14/h4-7,12,14,16,19H,2-3,8-11H2,1H3. The van der Waals surface area contributed by atoms with Crippen molar-refractivity contribution >= 4 is 28.5 Å². The maximum Gasteiger partial charge on any atom is 0.225 e. The van der Waals surface area contributed by atoms with Gasteiger partial charge >= 0.3 is 0 Å². The molecule has 114 valence electrons. The van der Waals surface area contributed by atoms with Crippen molar-refractivity contribution < 1.29 is 4.79 Å². The van der Waals surface area contributed by atoms with Crippen molar-refractivity contribution in [2.45, 2.75) is 44.7 Å². The van der Waals surface area contributed by atoms with Crippen molar-refractivity contribution in [1.29, 1.82) is 0 Å². The van der Waals surface area contributed by atoms with E-state index in [0.29, 0.717) is 23.9 Å². The van der Waals surface area contributed by atoms with Crippen molar-refractivity contribution in [3.8, 4) is 0 Å². The number of halogens is 1. The molecule has 1 unspecified atom stereocenters. The maximum absolute atomic E-state index is 12.0. The Morgan fingerprint density at radius 1 is 1.19 bits per heavy atom. The molecule has 1 saturated carbocycles. The third-order valence-electron chi connectivity index (χ3n) is 4.59. The fourth-order valence-electron chi connectivity index (χ4n) is 3.06. The Balaban J connectivity index is 1.48. The van der Waals surface area contributed by atoms with Crippen LogP contribution in [0.25, 0.3) is 0 Å². The third-order valence-corrected chi connectivity index (χ3v) is 5.31. The van der Waals surface area contributed by atoms with E-state index in [1.54, 1.807) is 0 Å². The molecule has 0 aromatic heterocycles. The van der Waals surface area contributed by atoms with Gasteiger partial charge in [-0.05, 0) is 72.9 Å². The summed E-state index contributed by atoms with van der Waals surface area (Å²) < 4.78 is 1.27. The van der Waals surface area contributed by atoms with Crippen molar-refractivity contribution in [3.63, 3.8) is 0 Å². The van der Waals surface area contributed by atoms with Crippen LogP contribution in [-0.4, -0.2) is 29.9 Å². The molecule has 1 saturated heterocycles. The summed E-state index contributed by atoms with van der Waals surface area (Å²) in [6, 6.07) is 9.62. The van der Waals surface area contributed by atoms with Crippen LogP contribution in [0.3, 0.4) is 0 Å². The molecule has 2 fully saturated rings. The Bertz CT molecular complexity index is 490. The lowest BCUT2D eigenvalue weighted by Crippen LogP contribution is -2.45. The molecule has 2 aliphatic rings. The number of likely N-dealkylation sites (tertiary alicyclic amines) is 1. The topological polar surface area (TPSA) is 32.3 Å². The molecule has 3 nitrogen and oxygen atoms in total. The molecular weight excluding hydrogens is 375 g/mol. The third kappa shape index (κ3) is 3.97. The molecule has 1 heterocycles. The highest BCUT2D eigenvalue weighted by Gasteiger charge is 2.34. The van der Waals surface area contributed by atoms with Crippen LogP contribution in [0.4, 0.5) is 0 Å². The summed E-state index contributed by atoms with van der Waals surface area (Å²) in [5.74, 6) is 0.763. The number of piperidine rings is 1. The van der Waals surface area contributed by atoms with Gasteiger partial charge in [-0.25, -0.2) is 0 Å². The van der Waals surface area contributed by atoms with Crippen molar-refractivity contribution in [3.05, 3.63) is 33.4 Å². The number of nitrogens with one attached hydrogen (secondary N) is 1. The minimum absolute atomic E-state index is 0.361. The Hall–Kier alpha value is -0.620. The smallest absolute Gasteiger partial charge is 0.225 e. The molecule has 1 aliphatic carbocycles. The van der Waals surface area contributed by atoms with E-state index in [2.05, 4.69) is 64.0 Å². The molecule has 1 aromatic rings. The van der Waals surface area contributed by atoms with Crippen LogP contribution in [-0.2, 0) is 4.79 Å². The van der Waals surface area contributed by atoms with Gasteiger partial charge in [0.1, 0.15) is 0 Å². The van der Waals surface area contributed by atoms with Gasteiger partial charge in [0.2, 0.25) is 5.91 Å². The van der Waals surface area contributed by atoms with Gasteiger partial charge in [0.25, 0.3) is 0 Å². The van der Waals surface area contributed by atoms with Crippen LogP contribution >= 0.6 is 22.6 Å².